The van der Waals surface area contributed by atoms with E-state index in [1.54, 1.807) is 36.0 Å². The zero-order valence-corrected chi connectivity index (χ0v) is 17.7. The van der Waals surface area contributed by atoms with Gasteiger partial charge in [0.2, 0.25) is 0 Å². The summed E-state index contributed by atoms with van der Waals surface area (Å²) in [5, 5.41) is 20.1. The summed E-state index contributed by atoms with van der Waals surface area (Å²) in [4.78, 5) is 30.3. The Balaban J connectivity index is 1.46. The summed E-state index contributed by atoms with van der Waals surface area (Å²) in [5.41, 5.74) is 0.730. The molecule has 0 saturated heterocycles. The number of hydrogen-bond acceptors (Lipinski definition) is 7. The number of carbonyl (C=O) groups is 1. The maximum atomic E-state index is 13.5. The summed E-state index contributed by atoms with van der Waals surface area (Å²) in [6, 6.07) is 4.58. The smallest absolute Gasteiger partial charge is 0.274 e. The van der Waals surface area contributed by atoms with E-state index >= 15 is 0 Å². The summed E-state index contributed by atoms with van der Waals surface area (Å²) in [6.45, 7) is 0. The van der Waals surface area contributed by atoms with Gasteiger partial charge in [-0.2, -0.15) is 9.61 Å². The van der Waals surface area contributed by atoms with Gasteiger partial charge in [-0.05, 0) is 37.3 Å². The van der Waals surface area contributed by atoms with Crippen molar-refractivity contribution in [2.45, 2.75) is 50.4 Å². The molecule has 9 nitrogen and oxygen atoms in total. The fourth-order valence-electron chi connectivity index (χ4n) is 4.45. The first-order valence-corrected chi connectivity index (χ1v) is 10.8. The van der Waals surface area contributed by atoms with E-state index in [0.717, 1.165) is 12.8 Å². The number of aliphatic hydroxyl groups excluding tert-OH is 1. The van der Waals surface area contributed by atoms with E-state index in [0.29, 0.717) is 42.1 Å². The molecule has 0 spiro atoms. The summed E-state index contributed by atoms with van der Waals surface area (Å²) >= 11 is 0. The minimum absolute atomic E-state index is 0.0735. The molecule has 3 aromatic rings. The van der Waals surface area contributed by atoms with Gasteiger partial charge in [0.05, 0.1) is 23.9 Å². The molecule has 32 heavy (non-hydrogen) atoms. The number of nitrogens with one attached hydrogen (secondary N) is 2. The van der Waals surface area contributed by atoms with Crippen LogP contribution in [0.2, 0.25) is 0 Å². The normalized spacial score (nSPS) is 24.6. The quantitative estimate of drug-likeness (QED) is 0.484. The van der Waals surface area contributed by atoms with Crippen molar-refractivity contribution in [2.24, 2.45) is 5.92 Å². The fourth-order valence-corrected chi connectivity index (χ4v) is 4.45. The fraction of sp³-hybridized carbons (Fsp3) is 0.455. The average Bonchev–Trinajstić information content (AvgIpc) is 3.14. The Bertz CT molecular complexity index is 1240. The van der Waals surface area contributed by atoms with Gasteiger partial charge >= 0.3 is 0 Å². The van der Waals surface area contributed by atoms with Crippen molar-refractivity contribution in [1.82, 2.24) is 19.2 Å². The Morgan fingerprint density at radius 2 is 2.16 bits per heavy atom. The predicted molar refractivity (Wildman–Crippen MR) is 117 cm³/mol. The zero-order valence-electron chi connectivity index (χ0n) is 17.7. The lowest BCUT2D eigenvalue weighted by Crippen LogP contribution is -2.22. The SMILES string of the molecule is CNc1cc(Nc2cccn([C@H]3C[C@@H]3F)c2=O)nc2c(C(=O)C[C@H]3CC[C@@H](O)C3)cnn12. The molecule has 3 N–H and O–H groups in total. The topological polar surface area (TPSA) is 114 Å². The standard InChI is InChI=1S/C22H25FN6O3/c1-24-20-10-19(26-16-3-2-6-28(22(16)32)17-9-15(17)23)27-21-14(11-25-29(20)21)18(31)8-12-4-5-13(30)7-12/h2-3,6,10-13,15,17,24,30H,4-5,7-9H2,1H3,(H,26,27)/t12-,13+,15-,17-/m0/s1. The number of Topliss-reactive ketones (excluding diaryl/α,β-unsaturated/α-hetero) is 1. The first-order valence-electron chi connectivity index (χ1n) is 10.8. The van der Waals surface area contributed by atoms with Gasteiger partial charge in [0, 0.05) is 32.2 Å². The monoisotopic (exact) mass is 440 g/mol. The molecule has 0 unspecified atom stereocenters. The Morgan fingerprint density at radius 1 is 1.34 bits per heavy atom. The molecule has 0 radical (unpaired) electrons. The Hall–Kier alpha value is -3.27. The summed E-state index contributed by atoms with van der Waals surface area (Å²) in [7, 11) is 1.73. The first kappa shape index (κ1) is 20.6. The van der Waals surface area contributed by atoms with E-state index in [1.165, 1.54) is 10.8 Å². The van der Waals surface area contributed by atoms with Gasteiger partial charge in [0.15, 0.2) is 11.4 Å². The van der Waals surface area contributed by atoms with Gasteiger partial charge in [-0.1, -0.05) is 0 Å². The molecule has 0 amide bonds. The number of nitrogens with zero attached hydrogens (tertiary/aromatic N) is 4. The van der Waals surface area contributed by atoms with Crippen LogP contribution in [0.15, 0.2) is 35.4 Å². The van der Waals surface area contributed by atoms with Crippen molar-refractivity contribution in [3.63, 3.8) is 0 Å². The number of pyridine rings is 1. The molecule has 2 aliphatic carbocycles. The third kappa shape index (κ3) is 3.75. The lowest BCUT2D eigenvalue weighted by molar-refractivity contribution is 0.0959. The molecule has 5 rings (SSSR count). The van der Waals surface area contributed by atoms with E-state index in [4.69, 9.17) is 0 Å². The number of anilines is 3. The highest BCUT2D eigenvalue weighted by molar-refractivity contribution is 6.01. The molecule has 3 heterocycles. The lowest BCUT2D eigenvalue weighted by Gasteiger charge is -2.12. The van der Waals surface area contributed by atoms with Gasteiger partial charge < -0.3 is 20.3 Å². The van der Waals surface area contributed by atoms with Gasteiger partial charge in [0.25, 0.3) is 5.56 Å². The summed E-state index contributed by atoms with van der Waals surface area (Å²) in [6.07, 6.45) is 4.63. The molecular weight excluding hydrogens is 415 g/mol. The number of aliphatic hydroxyl groups is 1. The highest BCUT2D eigenvalue weighted by Gasteiger charge is 2.39. The highest BCUT2D eigenvalue weighted by Crippen LogP contribution is 2.38. The van der Waals surface area contributed by atoms with Crippen molar-refractivity contribution in [3.8, 4) is 0 Å². The van der Waals surface area contributed by atoms with Gasteiger partial charge in [0.1, 0.15) is 23.5 Å². The number of hydrogen-bond donors (Lipinski definition) is 3. The molecule has 0 bridgehead atoms. The molecule has 2 aliphatic rings. The van der Waals surface area contributed by atoms with Crippen molar-refractivity contribution in [1.29, 1.82) is 0 Å². The third-order valence-electron chi connectivity index (χ3n) is 6.29. The third-order valence-corrected chi connectivity index (χ3v) is 6.29. The van der Waals surface area contributed by atoms with E-state index in [2.05, 4.69) is 20.7 Å². The summed E-state index contributed by atoms with van der Waals surface area (Å²) < 4.78 is 16.4. The number of halogens is 1. The van der Waals surface area contributed by atoms with Crippen molar-refractivity contribution in [3.05, 3.63) is 46.5 Å². The number of ketones is 1. The molecule has 168 valence electrons. The first-order chi connectivity index (χ1) is 15.4. The largest absolute Gasteiger partial charge is 0.393 e. The lowest BCUT2D eigenvalue weighted by atomic mass is 9.98. The Morgan fingerprint density at radius 3 is 2.84 bits per heavy atom. The van der Waals surface area contributed by atoms with Crippen molar-refractivity contribution in [2.75, 3.05) is 17.7 Å². The van der Waals surface area contributed by atoms with Gasteiger partial charge in [-0.3, -0.25) is 9.59 Å². The maximum Gasteiger partial charge on any atom is 0.274 e. The van der Waals surface area contributed by atoms with E-state index in [-0.39, 0.29) is 29.1 Å². The van der Waals surface area contributed by atoms with Crippen LogP contribution >= 0.6 is 0 Å². The minimum atomic E-state index is -0.991. The van der Waals surface area contributed by atoms with Crippen LogP contribution in [0.3, 0.4) is 0 Å². The highest BCUT2D eigenvalue weighted by atomic mass is 19.1. The molecule has 4 atom stereocenters. The molecular formula is C22H25FN6O3. The number of aromatic nitrogens is 4. The van der Waals surface area contributed by atoms with E-state index < -0.39 is 12.2 Å². The van der Waals surface area contributed by atoms with Gasteiger partial charge in [-0.15, -0.1) is 0 Å². The van der Waals surface area contributed by atoms with E-state index in [9.17, 15) is 19.1 Å². The molecule has 10 heteroatoms. The van der Waals surface area contributed by atoms with Crippen LogP contribution in [0.4, 0.5) is 21.7 Å². The minimum Gasteiger partial charge on any atom is -0.393 e. The maximum absolute atomic E-state index is 13.5. The molecule has 2 fully saturated rings. The van der Waals surface area contributed by atoms with Gasteiger partial charge in [-0.25, -0.2) is 9.37 Å². The van der Waals surface area contributed by atoms with E-state index in [1.807, 2.05) is 0 Å². The number of fused-ring (bicyclic) bond motifs is 1. The summed E-state index contributed by atoms with van der Waals surface area (Å²) in [5.74, 6) is 1.04. The zero-order chi connectivity index (χ0) is 22.4. The molecule has 0 aromatic carbocycles. The van der Waals surface area contributed by atoms with Crippen LogP contribution in [-0.2, 0) is 0 Å². The molecule has 0 aliphatic heterocycles. The number of rotatable bonds is 7. The number of alkyl halides is 1. The average molecular weight is 440 g/mol. The second-order valence-corrected chi connectivity index (χ2v) is 8.61. The van der Waals surface area contributed by atoms with Crippen LogP contribution in [0.5, 0.6) is 0 Å². The van der Waals surface area contributed by atoms with Crippen LogP contribution in [0, 0.1) is 5.92 Å². The van der Waals surface area contributed by atoms with Crippen molar-refractivity contribution >= 4 is 28.8 Å². The second kappa shape index (κ2) is 8.01. The van der Waals surface area contributed by atoms with Crippen LogP contribution < -0.4 is 16.2 Å². The Labute approximate surface area is 183 Å². The van der Waals surface area contributed by atoms with Crippen molar-refractivity contribution < 1.29 is 14.3 Å². The molecule has 3 aromatic heterocycles. The second-order valence-electron chi connectivity index (χ2n) is 8.61. The van der Waals surface area contributed by atoms with Crippen LogP contribution in [0.25, 0.3) is 5.65 Å². The predicted octanol–water partition coefficient (Wildman–Crippen LogP) is 2.69. The Kier molecular flexibility index (Phi) is 5.16. The number of carbonyl (C=O) groups excluding carboxylic acids is 1. The van der Waals surface area contributed by atoms with Crippen LogP contribution in [0.1, 0.15) is 48.5 Å². The molecule has 2 saturated carbocycles. The van der Waals surface area contributed by atoms with Crippen LogP contribution in [-0.4, -0.2) is 49.4 Å².